The van der Waals surface area contributed by atoms with Gasteiger partial charge in [-0.25, -0.2) is 13.6 Å². The van der Waals surface area contributed by atoms with Crippen molar-refractivity contribution in [2.45, 2.75) is 71.8 Å². The summed E-state index contributed by atoms with van der Waals surface area (Å²) in [4.78, 5) is 24.1. The van der Waals surface area contributed by atoms with Gasteiger partial charge in [0.25, 0.3) is 0 Å². The maximum atomic E-state index is 15.0. The van der Waals surface area contributed by atoms with E-state index in [2.05, 4.69) is 13.8 Å². The molecule has 0 spiro atoms. The highest BCUT2D eigenvalue weighted by atomic mass is 19.1. The van der Waals surface area contributed by atoms with Crippen molar-refractivity contribution < 1.29 is 56.5 Å². The van der Waals surface area contributed by atoms with E-state index >= 15 is 4.39 Å². The number of esters is 1. The minimum absolute atomic E-state index is 0.0598. The minimum Gasteiger partial charge on any atom is -0.493 e. The molecule has 60 heavy (non-hydrogen) atoms. The molecular weight excluding hydrogens is 775 g/mol. The predicted molar refractivity (Wildman–Crippen MR) is 221 cm³/mol. The second kappa shape index (κ2) is 20.3. The van der Waals surface area contributed by atoms with E-state index in [1.54, 1.807) is 36.4 Å². The molecule has 2 saturated heterocycles. The standard InChI is InChI=1S/C48H56F2O10/c1-4-47(29-54-30-47)27-52-18-6-8-20-56-35-11-10-34(44(49)24-35)26-58-60-38-14-16-40-39-15-13-37(22-42(39)33(3)43(40)23-38)59-46(51)41-17-12-36(25-45(41)50)57-21-9-7-19-53-28-48(5-2)31-55-32-48/h10-17,22-25,33H,4-9,18-21,26-32H2,1-3H3. The van der Waals surface area contributed by atoms with Crippen LogP contribution in [-0.4, -0.2) is 72.0 Å². The highest BCUT2D eigenvalue weighted by Crippen LogP contribution is 2.47. The molecule has 0 amide bonds. The fourth-order valence-electron chi connectivity index (χ4n) is 7.51. The third kappa shape index (κ3) is 10.6. The smallest absolute Gasteiger partial charge is 0.346 e. The van der Waals surface area contributed by atoms with E-state index in [0.717, 1.165) is 93.8 Å². The molecule has 322 valence electrons. The van der Waals surface area contributed by atoms with Gasteiger partial charge in [0.15, 0.2) is 5.75 Å². The number of hydrogen-bond acceptors (Lipinski definition) is 10. The molecule has 1 atom stereocenters. The summed E-state index contributed by atoms with van der Waals surface area (Å²) in [5.74, 6) is -0.460. The lowest BCUT2D eigenvalue weighted by atomic mass is 9.84. The first-order valence-electron chi connectivity index (χ1n) is 21.1. The Morgan fingerprint density at radius 3 is 1.70 bits per heavy atom. The van der Waals surface area contributed by atoms with Crippen LogP contribution in [0.15, 0.2) is 72.8 Å². The number of carbonyl (C=O) groups excluding carboxylic acids is 1. The first-order chi connectivity index (χ1) is 29.2. The molecule has 1 unspecified atom stereocenters. The molecule has 4 aromatic rings. The zero-order valence-electron chi connectivity index (χ0n) is 34.9. The van der Waals surface area contributed by atoms with Gasteiger partial charge >= 0.3 is 5.97 Å². The molecule has 0 aromatic heterocycles. The first-order valence-corrected chi connectivity index (χ1v) is 21.1. The lowest BCUT2D eigenvalue weighted by molar-refractivity contribution is -0.218. The molecule has 2 fully saturated rings. The third-order valence-corrected chi connectivity index (χ3v) is 11.9. The average molecular weight is 831 g/mol. The number of unbranched alkanes of at least 4 members (excludes halogenated alkanes) is 2. The lowest BCUT2D eigenvalue weighted by Crippen LogP contribution is -2.45. The largest absolute Gasteiger partial charge is 0.493 e. The van der Waals surface area contributed by atoms with E-state index < -0.39 is 17.6 Å². The van der Waals surface area contributed by atoms with Gasteiger partial charge in [-0.15, -0.1) is 0 Å². The van der Waals surface area contributed by atoms with E-state index in [-0.39, 0.29) is 28.9 Å². The molecule has 0 N–H and O–H groups in total. The fourth-order valence-corrected chi connectivity index (χ4v) is 7.51. The van der Waals surface area contributed by atoms with E-state index in [1.165, 1.54) is 18.2 Å². The summed E-state index contributed by atoms with van der Waals surface area (Å²) in [6.45, 7) is 12.9. The second-order valence-electron chi connectivity index (χ2n) is 16.3. The predicted octanol–water partition coefficient (Wildman–Crippen LogP) is 10.0. The molecule has 2 heterocycles. The molecule has 2 aliphatic heterocycles. The summed E-state index contributed by atoms with van der Waals surface area (Å²) in [6, 6.07) is 19.8. The Bertz CT molecular complexity index is 2050. The lowest BCUT2D eigenvalue weighted by Gasteiger charge is -2.40. The molecule has 3 aliphatic rings. The highest BCUT2D eigenvalue weighted by molar-refractivity contribution is 5.92. The van der Waals surface area contributed by atoms with Gasteiger partial charge in [0.05, 0.1) is 58.4 Å². The number of fused-ring (bicyclic) bond motifs is 3. The van der Waals surface area contributed by atoms with Crippen LogP contribution < -0.4 is 19.1 Å². The van der Waals surface area contributed by atoms with E-state index in [4.69, 9.17) is 42.9 Å². The van der Waals surface area contributed by atoms with Gasteiger partial charge in [-0.3, -0.25) is 0 Å². The average Bonchev–Trinajstić information content (AvgIpc) is 3.49. The van der Waals surface area contributed by atoms with Crippen molar-refractivity contribution in [3.8, 4) is 34.1 Å². The Morgan fingerprint density at radius 1 is 0.650 bits per heavy atom. The van der Waals surface area contributed by atoms with E-state index in [0.29, 0.717) is 61.6 Å². The number of carbonyl (C=O) groups is 1. The van der Waals surface area contributed by atoms with Crippen LogP contribution in [0.25, 0.3) is 11.1 Å². The zero-order chi connectivity index (χ0) is 42.0. The molecule has 10 nitrogen and oxygen atoms in total. The van der Waals surface area contributed by atoms with Crippen LogP contribution in [0.3, 0.4) is 0 Å². The van der Waals surface area contributed by atoms with Crippen LogP contribution in [0.5, 0.6) is 23.0 Å². The molecule has 0 bridgehead atoms. The van der Waals surface area contributed by atoms with Crippen LogP contribution >= 0.6 is 0 Å². The number of hydrogen-bond donors (Lipinski definition) is 0. The van der Waals surface area contributed by atoms with Gasteiger partial charge in [0.1, 0.15) is 35.5 Å². The maximum absolute atomic E-state index is 15.0. The van der Waals surface area contributed by atoms with Crippen LogP contribution in [0.1, 0.15) is 92.3 Å². The minimum atomic E-state index is -0.801. The van der Waals surface area contributed by atoms with Crippen molar-refractivity contribution in [1.82, 2.24) is 0 Å². The monoisotopic (exact) mass is 830 g/mol. The number of benzene rings is 4. The zero-order valence-corrected chi connectivity index (χ0v) is 34.9. The van der Waals surface area contributed by atoms with Crippen molar-refractivity contribution in [2.75, 3.05) is 66.1 Å². The van der Waals surface area contributed by atoms with Gasteiger partial charge in [0, 0.05) is 47.7 Å². The Kier molecular flexibility index (Phi) is 14.7. The normalized spacial score (nSPS) is 16.9. The summed E-state index contributed by atoms with van der Waals surface area (Å²) in [5, 5.41) is 0. The van der Waals surface area contributed by atoms with Gasteiger partial charge in [-0.05, 0) is 109 Å². The highest BCUT2D eigenvalue weighted by Gasteiger charge is 2.37. The summed E-state index contributed by atoms with van der Waals surface area (Å²) in [6.07, 6.45) is 5.34. The molecule has 12 heteroatoms. The Labute approximate surface area is 351 Å². The van der Waals surface area contributed by atoms with E-state index in [1.807, 2.05) is 25.1 Å². The second-order valence-corrected chi connectivity index (χ2v) is 16.3. The van der Waals surface area contributed by atoms with Gasteiger partial charge in [-0.1, -0.05) is 32.9 Å². The summed E-state index contributed by atoms with van der Waals surface area (Å²) in [5.41, 5.74) is 4.44. The molecule has 1 aliphatic carbocycles. The van der Waals surface area contributed by atoms with E-state index in [9.17, 15) is 9.18 Å². The number of halogens is 2. The topological polar surface area (TPSA) is 100 Å². The third-order valence-electron chi connectivity index (χ3n) is 11.9. The van der Waals surface area contributed by atoms with Crippen molar-refractivity contribution in [3.63, 3.8) is 0 Å². The SMILES string of the molecule is CCC1(COCCCCOc2ccc(COOc3ccc4c(c3)C(C)c3cc(OC(=O)c5ccc(OCCCCOCC6(CC)COC6)cc5F)ccc3-4)c(F)c2)COC1. The van der Waals surface area contributed by atoms with Crippen LogP contribution in [0.4, 0.5) is 8.78 Å². The van der Waals surface area contributed by atoms with Crippen LogP contribution in [0, 0.1) is 22.5 Å². The summed E-state index contributed by atoms with van der Waals surface area (Å²) < 4.78 is 69.3. The van der Waals surface area contributed by atoms with Gasteiger partial charge in [0.2, 0.25) is 0 Å². The van der Waals surface area contributed by atoms with Crippen LogP contribution in [-0.2, 0) is 30.4 Å². The quantitative estimate of drug-likeness (QED) is 0.0223. The number of ether oxygens (including phenoxy) is 7. The van der Waals surface area contributed by atoms with Crippen molar-refractivity contribution in [2.24, 2.45) is 10.8 Å². The van der Waals surface area contributed by atoms with Crippen molar-refractivity contribution in [1.29, 1.82) is 0 Å². The fraction of sp³-hybridized carbons (Fsp3) is 0.479. The van der Waals surface area contributed by atoms with Crippen molar-refractivity contribution in [3.05, 3.63) is 107 Å². The number of rotatable bonds is 24. The Balaban J connectivity index is 0.823. The molecule has 0 radical (unpaired) electrons. The molecule has 4 aromatic carbocycles. The van der Waals surface area contributed by atoms with Crippen LogP contribution in [0.2, 0.25) is 0 Å². The van der Waals surface area contributed by atoms with Crippen molar-refractivity contribution >= 4 is 5.97 Å². The van der Waals surface area contributed by atoms with Gasteiger partial charge < -0.3 is 38.0 Å². The summed E-state index contributed by atoms with van der Waals surface area (Å²) >= 11 is 0. The molecule has 7 rings (SSSR count). The maximum Gasteiger partial charge on any atom is 0.346 e. The molecule has 0 saturated carbocycles. The summed E-state index contributed by atoms with van der Waals surface area (Å²) in [7, 11) is 0. The molecular formula is C48H56F2O10. The Morgan fingerprint density at radius 2 is 1.17 bits per heavy atom. The first kappa shape index (κ1) is 43.5. The Hall–Kier alpha value is -4.59. The van der Waals surface area contributed by atoms with Gasteiger partial charge in [-0.2, -0.15) is 4.89 Å².